The van der Waals surface area contributed by atoms with Crippen LogP contribution >= 0.6 is 0 Å². The summed E-state index contributed by atoms with van der Waals surface area (Å²) in [5, 5.41) is 5.98. The van der Waals surface area contributed by atoms with Gasteiger partial charge in [0.25, 0.3) is 5.91 Å². The highest BCUT2D eigenvalue weighted by Crippen LogP contribution is 2.12. The maximum absolute atomic E-state index is 12.2. The van der Waals surface area contributed by atoms with Crippen molar-refractivity contribution < 1.29 is 9.59 Å². The van der Waals surface area contributed by atoms with Crippen molar-refractivity contribution in [1.82, 2.24) is 25.5 Å². The molecule has 0 saturated carbocycles. The fourth-order valence-corrected chi connectivity index (χ4v) is 2.55. The van der Waals surface area contributed by atoms with E-state index in [2.05, 4.69) is 20.6 Å². The first-order valence-electron chi connectivity index (χ1n) is 8.20. The first kappa shape index (κ1) is 17.3. The quantitative estimate of drug-likeness (QED) is 0.791. The second-order valence-corrected chi connectivity index (χ2v) is 7.01. The second-order valence-electron chi connectivity index (χ2n) is 7.01. The molecule has 1 saturated heterocycles. The van der Waals surface area contributed by atoms with Crippen molar-refractivity contribution in [2.45, 2.75) is 58.5 Å². The average Bonchev–Trinajstić information content (AvgIpc) is 2.95. The molecule has 3 amide bonds. The van der Waals surface area contributed by atoms with Gasteiger partial charge in [-0.15, -0.1) is 0 Å². The number of likely N-dealkylation sites (tertiary alicyclic amines) is 1. The average molecular weight is 321 g/mol. The lowest BCUT2D eigenvalue weighted by Crippen LogP contribution is -2.53. The van der Waals surface area contributed by atoms with E-state index in [0.717, 1.165) is 25.1 Å². The molecule has 1 aromatic rings. The molecule has 0 radical (unpaired) electrons. The van der Waals surface area contributed by atoms with Gasteiger partial charge in [0.1, 0.15) is 11.5 Å². The van der Waals surface area contributed by atoms with Crippen LogP contribution in [0.5, 0.6) is 0 Å². The summed E-state index contributed by atoms with van der Waals surface area (Å²) >= 11 is 0. The lowest BCUT2D eigenvalue weighted by Gasteiger charge is -2.34. The summed E-state index contributed by atoms with van der Waals surface area (Å²) in [5.41, 5.74) is 0.259. The Bertz CT molecular complexity index is 553. The molecule has 0 unspecified atom stereocenters. The number of nitrogens with one attached hydrogen (secondary N) is 3. The van der Waals surface area contributed by atoms with Crippen LogP contribution < -0.4 is 10.6 Å². The first-order valence-corrected chi connectivity index (χ1v) is 8.20. The van der Waals surface area contributed by atoms with Crippen LogP contribution in [0, 0.1) is 0 Å². The summed E-state index contributed by atoms with van der Waals surface area (Å²) in [7, 11) is 0. The van der Waals surface area contributed by atoms with Gasteiger partial charge < -0.3 is 20.5 Å². The molecule has 1 aromatic heterocycles. The fraction of sp³-hybridized carbons (Fsp3) is 0.688. The Balaban J connectivity index is 1.80. The zero-order valence-electron chi connectivity index (χ0n) is 14.4. The number of aryl methyl sites for hydroxylation is 1. The molecule has 2 heterocycles. The van der Waals surface area contributed by atoms with Gasteiger partial charge in [0.15, 0.2) is 0 Å². The van der Waals surface area contributed by atoms with Crippen molar-refractivity contribution in [2.24, 2.45) is 0 Å². The molecule has 0 bridgehead atoms. The molecule has 0 aromatic carbocycles. The number of nitrogens with zero attached hydrogens (tertiary/aromatic N) is 2. The molecule has 23 heavy (non-hydrogen) atoms. The molecule has 7 heteroatoms. The Labute approximate surface area is 137 Å². The largest absolute Gasteiger partial charge is 0.348 e. The van der Waals surface area contributed by atoms with Crippen LogP contribution in [-0.4, -0.2) is 51.5 Å². The van der Waals surface area contributed by atoms with Crippen molar-refractivity contribution in [3.63, 3.8) is 0 Å². The minimum Gasteiger partial charge on any atom is -0.348 e. The Morgan fingerprint density at radius 3 is 2.52 bits per heavy atom. The lowest BCUT2D eigenvalue weighted by molar-refractivity contribution is 0.0912. The number of aromatic amines is 1. The van der Waals surface area contributed by atoms with Gasteiger partial charge in [-0.2, -0.15) is 0 Å². The van der Waals surface area contributed by atoms with Gasteiger partial charge in [-0.05, 0) is 33.6 Å². The standard InChI is InChI=1S/C16H27N5O2/c1-5-13-17-10-12(19-13)14(22)18-11-6-8-21(9-7-11)15(23)20-16(2,3)4/h10-11H,5-9H2,1-4H3,(H,17,19)(H,18,22)(H,20,23). The molecule has 2 rings (SSSR count). The number of aromatic nitrogens is 2. The Morgan fingerprint density at radius 2 is 2.00 bits per heavy atom. The molecule has 3 N–H and O–H groups in total. The van der Waals surface area contributed by atoms with E-state index in [4.69, 9.17) is 0 Å². The summed E-state index contributed by atoms with van der Waals surface area (Å²) in [4.78, 5) is 33.2. The molecule has 0 atom stereocenters. The minimum absolute atomic E-state index is 0.0385. The van der Waals surface area contributed by atoms with E-state index in [0.29, 0.717) is 18.8 Å². The van der Waals surface area contributed by atoms with Crippen LogP contribution in [-0.2, 0) is 6.42 Å². The van der Waals surface area contributed by atoms with Gasteiger partial charge in [0.2, 0.25) is 0 Å². The molecule has 0 aliphatic carbocycles. The Kier molecular flexibility index (Phi) is 5.28. The van der Waals surface area contributed by atoms with E-state index in [9.17, 15) is 9.59 Å². The van der Waals surface area contributed by atoms with E-state index >= 15 is 0 Å². The highest BCUT2D eigenvalue weighted by molar-refractivity contribution is 5.92. The molecular formula is C16H27N5O2. The number of hydrogen-bond acceptors (Lipinski definition) is 3. The van der Waals surface area contributed by atoms with Gasteiger partial charge in [-0.1, -0.05) is 6.92 Å². The molecule has 0 spiro atoms. The normalized spacial score (nSPS) is 16.3. The van der Waals surface area contributed by atoms with Crippen molar-refractivity contribution >= 4 is 11.9 Å². The van der Waals surface area contributed by atoms with E-state index < -0.39 is 0 Å². The van der Waals surface area contributed by atoms with Gasteiger partial charge >= 0.3 is 6.03 Å². The Hall–Kier alpha value is -2.05. The lowest BCUT2D eigenvalue weighted by atomic mass is 10.0. The monoisotopic (exact) mass is 321 g/mol. The molecule has 1 fully saturated rings. The summed E-state index contributed by atoms with van der Waals surface area (Å²) in [6, 6.07) is 0.0537. The van der Waals surface area contributed by atoms with Crippen molar-refractivity contribution in [3.8, 4) is 0 Å². The van der Waals surface area contributed by atoms with Gasteiger partial charge in [-0.3, -0.25) is 4.79 Å². The van der Waals surface area contributed by atoms with Crippen LogP contribution in [0.3, 0.4) is 0 Å². The number of urea groups is 1. The zero-order valence-corrected chi connectivity index (χ0v) is 14.4. The van der Waals surface area contributed by atoms with Crippen molar-refractivity contribution in [3.05, 3.63) is 17.7 Å². The van der Waals surface area contributed by atoms with Crippen LogP contribution in [0.25, 0.3) is 0 Å². The first-order chi connectivity index (χ1) is 10.8. The Morgan fingerprint density at radius 1 is 1.35 bits per heavy atom. The summed E-state index contributed by atoms with van der Waals surface area (Å²) in [6.45, 7) is 9.18. The fourth-order valence-electron chi connectivity index (χ4n) is 2.55. The third kappa shape index (κ3) is 4.97. The van der Waals surface area contributed by atoms with E-state index in [1.807, 2.05) is 27.7 Å². The highest BCUT2D eigenvalue weighted by Gasteiger charge is 2.26. The highest BCUT2D eigenvalue weighted by atomic mass is 16.2. The second kappa shape index (κ2) is 7.02. The minimum atomic E-state index is -0.236. The topological polar surface area (TPSA) is 90.1 Å². The zero-order chi connectivity index (χ0) is 17.0. The van der Waals surface area contributed by atoms with Crippen LogP contribution in [0.15, 0.2) is 6.20 Å². The van der Waals surface area contributed by atoms with E-state index in [1.165, 1.54) is 0 Å². The van der Waals surface area contributed by atoms with Gasteiger partial charge in [0.05, 0.1) is 6.20 Å². The number of carbonyl (C=O) groups is 2. The number of piperidine rings is 1. The third-order valence-electron chi connectivity index (χ3n) is 3.81. The third-order valence-corrected chi connectivity index (χ3v) is 3.81. The van der Waals surface area contributed by atoms with Crippen LogP contribution in [0.4, 0.5) is 4.79 Å². The number of hydrogen-bond donors (Lipinski definition) is 3. The molecule has 1 aliphatic heterocycles. The van der Waals surface area contributed by atoms with Crippen molar-refractivity contribution in [2.75, 3.05) is 13.1 Å². The SMILES string of the molecule is CCc1ncc(C(=O)NC2CCN(C(=O)NC(C)(C)C)CC2)[nH]1. The van der Waals surface area contributed by atoms with Crippen molar-refractivity contribution in [1.29, 1.82) is 0 Å². The van der Waals surface area contributed by atoms with Gasteiger partial charge in [-0.25, -0.2) is 9.78 Å². The van der Waals surface area contributed by atoms with Gasteiger partial charge in [0, 0.05) is 31.1 Å². The smallest absolute Gasteiger partial charge is 0.317 e. The van der Waals surface area contributed by atoms with E-state index in [1.54, 1.807) is 11.1 Å². The number of imidazole rings is 1. The summed E-state index contributed by atoms with van der Waals surface area (Å²) < 4.78 is 0. The van der Waals surface area contributed by atoms with Crippen LogP contribution in [0.2, 0.25) is 0 Å². The molecular weight excluding hydrogens is 294 g/mol. The predicted molar refractivity (Wildman–Crippen MR) is 88.3 cm³/mol. The number of rotatable bonds is 3. The maximum atomic E-state index is 12.2. The molecule has 1 aliphatic rings. The number of H-pyrrole nitrogens is 1. The predicted octanol–water partition coefficient (Wildman–Crippen LogP) is 1.67. The summed E-state index contributed by atoms with van der Waals surface area (Å²) in [6.07, 6.45) is 3.87. The number of amides is 3. The number of carbonyl (C=O) groups excluding carboxylic acids is 2. The molecule has 128 valence electrons. The van der Waals surface area contributed by atoms with E-state index in [-0.39, 0.29) is 23.5 Å². The summed E-state index contributed by atoms with van der Waals surface area (Å²) in [5.74, 6) is 0.679. The molecule has 7 nitrogen and oxygen atoms in total. The maximum Gasteiger partial charge on any atom is 0.317 e. The van der Waals surface area contributed by atoms with Crippen LogP contribution in [0.1, 0.15) is 56.8 Å².